The standard InChI is InChI=1S/C22H25N7O2S/c1-32(30,31)13-15-8-18(4-5-19(15)14-6-7-24-11-14)26-20-9-21(27-17-2-3-17)29-22(28-20)16(10-23)12-25-29/h4-5,8-9,12,14,17,24,27H,2-3,6-7,11,13H2,1H3,(H,26,28). The molecule has 1 saturated carbocycles. The third-order valence-corrected chi connectivity index (χ3v) is 6.69. The van der Waals surface area contributed by atoms with Crippen LogP contribution in [0.15, 0.2) is 30.5 Å². The number of fused-ring (bicyclic) bond motifs is 1. The number of hydrogen-bond acceptors (Lipinski definition) is 8. The molecule has 2 fully saturated rings. The van der Waals surface area contributed by atoms with Crippen LogP contribution in [-0.4, -0.2) is 48.4 Å². The molecule has 10 heteroatoms. The molecule has 3 heterocycles. The third-order valence-electron chi connectivity index (χ3n) is 5.85. The smallest absolute Gasteiger partial charge is 0.177 e. The van der Waals surface area contributed by atoms with Crippen LogP contribution in [0.5, 0.6) is 0 Å². The second-order valence-electron chi connectivity index (χ2n) is 8.65. The molecule has 2 aromatic heterocycles. The Bertz CT molecular complexity index is 1320. The lowest BCUT2D eigenvalue weighted by atomic mass is 9.93. The number of nitrogens with one attached hydrogen (secondary N) is 3. The first-order chi connectivity index (χ1) is 15.4. The summed E-state index contributed by atoms with van der Waals surface area (Å²) in [5.41, 5.74) is 3.52. The molecule has 166 valence electrons. The molecule has 0 spiro atoms. The number of nitriles is 1. The van der Waals surface area contributed by atoms with Crippen molar-refractivity contribution >= 4 is 32.8 Å². The molecule has 32 heavy (non-hydrogen) atoms. The molecule has 5 rings (SSSR count). The Morgan fingerprint density at radius 3 is 2.81 bits per heavy atom. The minimum Gasteiger partial charge on any atom is -0.367 e. The first-order valence-corrected chi connectivity index (χ1v) is 12.8. The Kier molecular flexibility index (Phi) is 5.23. The van der Waals surface area contributed by atoms with Gasteiger partial charge in [-0.05, 0) is 55.0 Å². The van der Waals surface area contributed by atoms with Crippen LogP contribution in [0.1, 0.15) is 41.9 Å². The van der Waals surface area contributed by atoms with E-state index in [4.69, 9.17) is 0 Å². The number of nitrogens with zero attached hydrogens (tertiary/aromatic N) is 4. The van der Waals surface area contributed by atoms with Crippen LogP contribution in [0.4, 0.5) is 17.3 Å². The van der Waals surface area contributed by atoms with Crippen molar-refractivity contribution < 1.29 is 8.42 Å². The van der Waals surface area contributed by atoms with E-state index in [1.165, 1.54) is 12.5 Å². The molecule has 0 bridgehead atoms. The lowest BCUT2D eigenvalue weighted by molar-refractivity contribution is 0.600. The van der Waals surface area contributed by atoms with E-state index in [1.54, 1.807) is 4.52 Å². The van der Waals surface area contributed by atoms with Crippen molar-refractivity contribution in [2.24, 2.45) is 0 Å². The van der Waals surface area contributed by atoms with Crippen LogP contribution in [-0.2, 0) is 15.6 Å². The molecule has 9 nitrogen and oxygen atoms in total. The van der Waals surface area contributed by atoms with Gasteiger partial charge in [0.15, 0.2) is 15.5 Å². The summed E-state index contributed by atoms with van der Waals surface area (Å²) in [6, 6.07) is 10.3. The second-order valence-corrected chi connectivity index (χ2v) is 10.8. The second kappa shape index (κ2) is 8.07. The van der Waals surface area contributed by atoms with E-state index < -0.39 is 9.84 Å². The molecule has 1 atom stereocenters. The van der Waals surface area contributed by atoms with Crippen molar-refractivity contribution in [3.05, 3.63) is 47.2 Å². The van der Waals surface area contributed by atoms with E-state index in [1.807, 2.05) is 24.3 Å². The number of benzene rings is 1. The van der Waals surface area contributed by atoms with E-state index in [0.29, 0.717) is 29.0 Å². The molecular formula is C22H25N7O2S. The topological polar surface area (TPSA) is 124 Å². The van der Waals surface area contributed by atoms with Crippen LogP contribution in [0, 0.1) is 11.3 Å². The maximum absolute atomic E-state index is 12.1. The van der Waals surface area contributed by atoms with Gasteiger partial charge in [0.1, 0.15) is 23.3 Å². The average molecular weight is 452 g/mol. The monoisotopic (exact) mass is 451 g/mol. The average Bonchev–Trinajstić information content (AvgIpc) is 3.22. The zero-order chi connectivity index (χ0) is 22.3. The van der Waals surface area contributed by atoms with Gasteiger partial charge < -0.3 is 16.0 Å². The summed E-state index contributed by atoms with van der Waals surface area (Å²) in [7, 11) is -3.18. The van der Waals surface area contributed by atoms with Crippen LogP contribution < -0.4 is 16.0 Å². The molecule has 1 aliphatic carbocycles. The quantitative estimate of drug-likeness (QED) is 0.501. The summed E-state index contributed by atoms with van der Waals surface area (Å²) in [6.45, 7) is 1.80. The first kappa shape index (κ1) is 20.7. The molecule has 1 aromatic carbocycles. The van der Waals surface area contributed by atoms with Crippen LogP contribution >= 0.6 is 0 Å². The number of aromatic nitrogens is 3. The predicted molar refractivity (Wildman–Crippen MR) is 123 cm³/mol. The maximum atomic E-state index is 12.1. The summed E-state index contributed by atoms with van der Waals surface area (Å²) in [5.74, 6) is 1.65. The minimum atomic E-state index is -3.18. The number of hydrogen-bond donors (Lipinski definition) is 3. The van der Waals surface area contributed by atoms with Gasteiger partial charge in [-0.25, -0.2) is 13.4 Å². The molecule has 0 radical (unpaired) electrons. The highest BCUT2D eigenvalue weighted by atomic mass is 32.2. The summed E-state index contributed by atoms with van der Waals surface area (Å²) in [5, 5.41) is 23.8. The molecule has 0 amide bonds. The van der Waals surface area contributed by atoms with E-state index in [0.717, 1.165) is 55.0 Å². The molecule has 1 saturated heterocycles. The van der Waals surface area contributed by atoms with Crippen molar-refractivity contribution in [2.45, 2.75) is 37.0 Å². The SMILES string of the molecule is CS(=O)(=O)Cc1cc(Nc2cc(NC3CC3)n3ncc(C#N)c3n2)ccc1C1CCNC1. The summed E-state index contributed by atoms with van der Waals surface area (Å²) in [6.07, 6.45) is 5.98. The minimum absolute atomic E-state index is 0.00347. The van der Waals surface area contributed by atoms with Crippen molar-refractivity contribution in [2.75, 3.05) is 30.0 Å². The highest BCUT2D eigenvalue weighted by Crippen LogP contribution is 2.31. The van der Waals surface area contributed by atoms with Gasteiger partial charge in [0.2, 0.25) is 0 Å². The zero-order valence-corrected chi connectivity index (χ0v) is 18.6. The largest absolute Gasteiger partial charge is 0.367 e. The van der Waals surface area contributed by atoms with Gasteiger partial charge in [-0.1, -0.05) is 6.07 Å². The lowest BCUT2D eigenvalue weighted by Gasteiger charge is -2.17. The van der Waals surface area contributed by atoms with Gasteiger partial charge in [-0.15, -0.1) is 0 Å². The molecule has 1 unspecified atom stereocenters. The Morgan fingerprint density at radius 1 is 1.28 bits per heavy atom. The third kappa shape index (κ3) is 4.40. The molecular weight excluding hydrogens is 426 g/mol. The van der Waals surface area contributed by atoms with Crippen molar-refractivity contribution in [1.82, 2.24) is 19.9 Å². The fourth-order valence-corrected chi connectivity index (χ4v) is 5.02. The van der Waals surface area contributed by atoms with Gasteiger partial charge in [0, 0.05) is 30.6 Å². The van der Waals surface area contributed by atoms with Gasteiger partial charge >= 0.3 is 0 Å². The highest BCUT2D eigenvalue weighted by Gasteiger charge is 2.24. The van der Waals surface area contributed by atoms with E-state index in [2.05, 4.69) is 32.1 Å². The Hall–Kier alpha value is -3.16. The van der Waals surface area contributed by atoms with Gasteiger partial charge in [0.05, 0.1) is 11.9 Å². The summed E-state index contributed by atoms with van der Waals surface area (Å²) >= 11 is 0. The molecule has 1 aliphatic heterocycles. The van der Waals surface area contributed by atoms with Crippen LogP contribution in [0.2, 0.25) is 0 Å². The van der Waals surface area contributed by atoms with E-state index in [9.17, 15) is 13.7 Å². The van der Waals surface area contributed by atoms with Crippen molar-refractivity contribution in [3.8, 4) is 6.07 Å². The highest BCUT2D eigenvalue weighted by molar-refractivity contribution is 7.89. The van der Waals surface area contributed by atoms with Crippen molar-refractivity contribution in [1.29, 1.82) is 5.26 Å². The van der Waals surface area contributed by atoms with E-state index >= 15 is 0 Å². The Morgan fingerprint density at radius 2 is 2.12 bits per heavy atom. The first-order valence-electron chi connectivity index (χ1n) is 10.7. The fourth-order valence-electron chi connectivity index (χ4n) is 4.20. The number of sulfone groups is 1. The fraction of sp³-hybridized carbons (Fsp3) is 0.409. The number of anilines is 3. The number of rotatable bonds is 7. The van der Waals surface area contributed by atoms with E-state index in [-0.39, 0.29) is 5.75 Å². The molecule has 2 aliphatic rings. The van der Waals surface area contributed by atoms with Gasteiger partial charge in [-0.3, -0.25) is 0 Å². The zero-order valence-electron chi connectivity index (χ0n) is 17.8. The van der Waals surface area contributed by atoms with Crippen LogP contribution in [0.25, 0.3) is 5.65 Å². The normalized spacial score (nSPS) is 18.6. The van der Waals surface area contributed by atoms with Gasteiger partial charge in [0.25, 0.3) is 0 Å². The summed E-state index contributed by atoms with van der Waals surface area (Å²) < 4.78 is 25.8. The molecule has 3 N–H and O–H groups in total. The maximum Gasteiger partial charge on any atom is 0.177 e. The Balaban J connectivity index is 1.51. The van der Waals surface area contributed by atoms with Crippen molar-refractivity contribution in [3.63, 3.8) is 0 Å². The summed E-state index contributed by atoms with van der Waals surface area (Å²) in [4.78, 5) is 4.59. The molecule has 3 aromatic rings. The Labute approximate surface area is 186 Å². The van der Waals surface area contributed by atoms with Gasteiger partial charge in [-0.2, -0.15) is 14.9 Å². The predicted octanol–water partition coefficient (Wildman–Crippen LogP) is 2.54. The lowest BCUT2D eigenvalue weighted by Crippen LogP contribution is -2.12. The van der Waals surface area contributed by atoms with Crippen LogP contribution in [0.3, 0.4) is 0 Å².